The molecule has 0 amide bonds. The predicted octanol–water partition coefficient (Wildman–Crippen LogP) is 3.50. The quantitative estimate of drug-likeness (QED) is 0.600. The van der Waals surface area contributed by atoms with E-state index >= 15 is 0 Å². The molecule has 3 heteroatoms. The SMILES string of the molecule is C=CCNCC(C)N(C)C(C)c1cccc(Cl)c1. The minimum Gasteiger partial charge on any atom is -0.312 e. The molecule has 0 fully saturated rings. The van der Waals surface area contributed by atoms with Gasteiger partial charge in [0.1, 0.15) is 0 Å². The number of hydrogen-bond acceptors (Lipinski definition) is 2. The minimum absolute atomic E-state index is 0.351. The highest BCUT2D eigenvalue weighted by atomic mass is 35.5. The molecule has 1 aromatic carbocycles. The van der Waals surface area contributed by atoms with Gasteiger partial charge in [-0.1, -0.05) is 29.8 Å². The Bertz CT molecular complexity index is 379. The first-order chi connectivity index (χ1) is 8.56. The van der Waals surface area contributed by atoms with Crippen LogP contribution in [0.1, 0.15) is 25.5 Å². The molecule has 0 heterocycles. The lowest BCUT2D eigenvalue weighted by molar-refractivity contribution is 0.194. The first kappa shape index (κ1) is 15.2. The van der Waals surface area contributed by atoms with E-state index in [9.17, 15) is 0 Å². The Kier molecular flexibility index (Phi) is 6.41. The van der Waals surface area contributed by atoms with Crippen molar-refractivity contribution in [1.29, 1.82) is 0 Å². The van der Waals surface area contributed by atoms with Crippen molar-refractivity contribution in [3.8, 4) is 0 Å². The monoisotopic (exact) mass is 266 g/mol. The normalized spacial score (nSPS) is 14.5. The maximum absolute atomic E-state index is 6.03. The molecule has 2 atom stereocenters. The first-order valence-corrected chi connectivity index (χ1v) is 6.73. The number of halogens is 1. The number of rotatable bonds is 7. The van der Waals surface area contributed by atoms with E-state index in [4.69, 9.17) is 11.6 Å². The molecule has 0 aliphatic rings. The van der Waals surface area contributed by atoms with E-state index < -0.39 is 0 Å². The molecule has 1 N–H and O–H groups in total. The van der Waals surface area contributed by atoms with E-state index in [0.29, 0.717) is 12.1 Å². The summed E-state index contributed by atoms with van der Waals surface area (Å²) in [5.41, 5.74) is 1.25. The van der Waals surface area contributed by atoms with Crippen LogP contribution in [0.15, 0.2) is 36.9 Å². The fourth-order valence-corrected chi connectivity index (χ4v) is 2.12. The highest BCUT2D eigenvalue weighted by Crippen LogP contribution is 2.23. The van der Waals surface area contributed by atoms with Crippen molar-refractivity contribution < 1.29 is 0 Å². The molecule has 0 aliphatic carbocycles. The Labute approximate surface area is 116 Å². The van der Waals surface area contributed by atoms with E-state index in [0.717, 1.165) is 18.1 Å². The molecule has 0 saturated carbocycles. The third-order valence-corrected chi connectivity index (χ3v) is 3.60. The summed E-state index contributed by atoms with van der Waals surface area (Å²) >= 11 is 6.03. The summed E-state index contributed by atoms with van der Waals surface area (Å²) < 4.78 is 0. The summed E-state index contributed by atoms with van der Waals surface area (Å²) in [5.74, 6) is 0. The van der Waals surface area contributed by atoms with Gasteiger partial charge in [-0.15, -0.1) is 6.58 Å². The van der Waals surface area contributed by atoms with Crippen LogP contribution in [0.25, 0.3) is 0 Å². The van der Waals surface area contributed by atoms with Crippen molar-refractivity contribution in [2.24, 2.45) is 0 Å². The Morgan fingerprint density at radius 1 is 1.44 bits per heavy atom. The molecule has 2 nitrogen and oxygen atoms in total. The molecule has 2 unspecified atom stereocenters. The van der Waals surface area contributed by atoms with Crippen molar-refractivity contribution >= 4 is 11.6 Å². The topological polar surface area (TPSA) is 15.3 Å². The second-order valence-electron chi connectivity index (χ2n) is 4.69. The summed E-state index contributed by atoms with van der Waals surface area (Å²) in [6.45, 7) is 9.93. The summed E-state index contributed by atoms with van der Waals surface area (Å²) in [6, 6.07) is 8.88. The summed E-state index contributed by atoms with van der Waals surface area (Å²) in [5, 5.41) is 4.14. The van der Waals surface area contributed by atoms with E-state index in [-0.39, 0.29) is 0 Å². The van der Waals surface area contributed by atoms with E-state index in [1.807, 2.05) is 24.3 Å². The van der Waals surface area contributed by atoms with Crippen LogP contribution in [0.2, 0.25) is 5.02 Å². The number of hydrogen-bond donors (Lipinski definition) is 1. The van der Waals surface area contributed by atoms with Crippen molar-refractivity contribution in [3.05, 3.63) is 47.5 Å². The molecule has 0 radical (unpaired) electrons. The zero-order chi connectivity index (χ0) is 13.5. The smallest absolute Gasteiger partial charge is 0.0409 e. The number of benzene rings is 1. The molecule has 1 rings (SSSR count). The molecule has 0 aliphatic heterocycles. The predicted molar refractivity (Wildman–Crippen MR) is 80.2 cm³/mol. The van der Waals surface area contributed by atoms with Gasteiger partial charge in [-0.05, 0) is 38.6 Å². The van der Waals surface area contributed by atoms with Crippen molar-refractivity contribution in [1.82, 2.24) is 10.2 Å². The average Bonchev–Trinajstić information content (AvgIpc) is 2.37. The van der Waals surface area contributed by atoms with Crippen LogP contribution in [0.4, 0.5) is 0 Å². The van der Waals surface area contributed by atoms with Crippen LogP contribution in [0.5, 0.6) is 0 Å². The fourth-order valence-electron chi connectivity index (χ4n) is 1.92. The van der Waals surface area contributed by atoms with Crippen molar-refractivity contribution in [2.45, 2.75) is 25.9 Å². The Morgan fingerprint density at radius 3 is 2.78 bits per heavy atom. The highest BCUT2D eigenvalue weighted by Gasteiger charge is 2.17. The molecule has 0 saturated heterocycles. The van der Waals surface area contributed by atoms with Gasteiger partial charge in [0.05, 0.1) is 0 Å². The Hall–Kier alpha value is -0.830. The van der Waals surface area contributed by atoms with E-state index in [2.05, 4.69) is 43.8 Å². The lowest BCUT2D eigenvalue weighted by Crippen LogP contribution is -2.39. The maximum atomic E-state index is 6.03. The standard InChI is InChI=1S/C15H23ClN2/c1-5-9-17-11-12(2)18(4)13(3)14-7-6-8-15(16)10-14/h5-8,10,12-13,17H,1,9,11H2,2-4H3. The van der Waals surface area contributed by atoms with Gasteiger partial charge in [0.2, 0.25) is 0 Å². The third-order valence-electron chi connectivity index (χ3n) is 3.37. The second-order valence-corrected chi connectivity index (χ2v) is 5.13. The Balaban J connectivity index is 2.59. The largest absolute Gasteiger partial charge is 0.312 e. The molecular weight excluding hydrogens is 244 g/mol. The molecule has 1 aromatic rings. The van der Waals surface area contributed by atoms with Crippen LogP contribution in [-0.4, -0.2) is 31.1 Å². The van der Waals surface area contributed by atoms with Crippen LogP contribution in [-0.2, 0) is 0 Å². The van der Waals surface area contributed by atoms with Gasteiger partial charge in [0.25, 0.3) is 0 Å². The molecule has 0 bridgehead atoms. The third kappa shape index (κ3) is 4.45. The summed E-state index contributed by atoms with van der Waals surface area (Å²) in [7, 11) is 2.14. The van der Waals surface area contributed by atoms with Gasteiger partial charge >= 0.3 is 0 Å². The minimum atomic E-state index is 0.351. The zero-order valence-corrected chi connectivity index (χ0v) is 12.2. The summed E-state index contributed by atoms with van der Waals surface area (Å²) in [4.78, 5) is 2.35. The Morgan fingerprint density at radius 2 is 2.17 bits per heavy atom. The zero-order valence-electron chi connectivity index (χ0n) is 11.5. The lowest BCUT2D eigenvalue weighted by atomic mass is 10.1. The number of nitrogens with zero attached hydrogens (tertiary/aromatic N) is 1. The number of likely N-dealkylation sites (N-methyl/N-ethyl adjacent to an activating group) is 1. The second kappa shape index (κ2) is 7.57. The van der Waals surface area contributed by atoms with Gasteiger partial charge < -0.3 is 5.32 Å². The lowest BCUT2D eigenvalue weighted by Gasteiger charge is -2.31. The molecule has 100 valence electrons. The maximum Gasteiger partial charge on any atom is 0.0409 e. The fraction of sp³-hybridized carbons (Fsp3) is 0.467. The van der Waals surface area contributed by atoms with E-state index in [1.54, 1.807) is 0 Å². The van der Waals surface area contributed by atoms with Gasteiger partial charge in [0, 0.05) is 30.2 Å². The van der Waals surface area contributed by atoms with Gasteiger partial charge in [0.15, 0.2) is 0 Å². The molecule has 0 spiro atoms. The molecule has 18 heavy (non-hydrogen) atoms. The van der Waals surface area contributed by atoms with Crippen molar-refractivity contribution in [2.75, 3.05) is 20.1 Å². The van der Waals surface area contributed by atoms with E-state index in [1.165, 1.54) is 5.56 Å². The van der Waals surface area contributed by atoms with Crippen LogP contribution in [0, 0.1) is 0 Å². The van der Waals surface area contributed by atoms with Gasteiger partial charge in [-0.2, -0.15) is 0 Å². The van der Waals surface area contributed by atoms with Crippen LogP contribution in [0.3, 0.4) is 0 Å². The first-order valence-electron chi connectivity index (χ1n) is 6.35. The number of nitrogens with one attached hydrogen (secondary N) is 1. The van der Waals surface area contributed by atoms with Gasteiger partial charge in [-0.3, -0.25) is 4.90 Å². The highest BCUT2D eigenvalue weighted by molar-refractivity contribution is 6.30. The molecule has 0 aromatic heterocycles. The van der Waals surface area contributed by atoms with Crippen molar-refractivity contribution in [3.63, 3.8) is 0 Å². The molecular formula is C15H23ClN2. The van der Waals surface area contributed by atoms with Crippen LogP contribution < -0.4 is 5.32 Å². The average molecular weight is 267 g/mol. The van der Waals surface area contributed by atoms with Gasteiger partial charge in [-0.25, -0.2) is 0 Å². The summed E-state index contributed by atoms with van der Waals surface area (Å²) in [6.07, 6.45) is 1.88. The van der Waals surface area contributed by atoms with Crippen LogP contribution >= 0.6 is 11.6 Å².